The highest BCUT2D eigenvalue weighted by atomic mass is 15.3. The summed E-state index contributed by atoms with van der Waals surface area (Å²) in [7, 11) is 1.95. The lowest BCUT2D eigenvalue weighted by atomic mass is 9.93. The zero-order valence-electron chi connectivity index (χ0n) is 12.6. The van der Waals surface area contributed by atoms with E-state index in [-0.39, 0.29) is 0 Å². The Labute approximate surface area is 125 Å². The lowest BCUT2D eigenvalue weighted by molar-refractivity contribution is 0.385. The highest BCUT2D eigenvalue weighted by Gasteiger charge is 2.19. The molecule has 0 radical (unpaired) electrons. The third kappa shape index (κ3) is 3.08. The zero-order chi connectivity index (χ0) is 14.7. The van der Waals surface area contributed by atoms with Gasteiger partial charge in [-0.15, -0.1) is 0 Å². The lowest BCUT2D eigenvalue weighted by Crippen LogP contribution is -2.34. The second kappa shape index (κ2) is 6.26. The maximum atomic E-state index is 5.65. The average Bonchev–Trinajstić information content (AvgIpc) is 2.95. The maximum Gasteiger partial charge on any atom is 0.128 e. The number of hydrogen-bond donors (Lipinski definition) is 1. The molecule has 1 aliphatic heterocycles. The minimum Gasteiger partial charge on any atom is -0.357 e. The summed E-state index contributed by atoms with van der Waals surface area (Å²) in [5.41, 5.74) is 7.85. The zero-order valence-corrected chi connectivity index (χ0v) is 12.6. The van der Waals surface area contributed by atoms with Crippen LogP contribution in [0.25, 0.3) is 11.3 Å². The van der Waals surface area contributed by atoms with Crippen molar-refractivity contribution in [3.05, 3.63) is 30.6 Å². The van der Waals surface area contributed by atoms with E-state index in [1.807, 2.05) is 30.2 Å². The van der Waals surface area contributed by atoms with Gasteiger partial charge in [0.15, 0.2) is 0 Å². The normalized spacial score (nSPS) is 16.4. The van der Waals surface area contributed by atoms with Crippen LogP contribution in [0.1, 0.15) is 19.3 Å². The van der Waals surface area contributed by atoms with E-state index in [0.29, 0.717) is 0 Å². The SMILES string of the molecule is Cn1nccc1-c1ccc(N2CCC(CCN)CC2)nc1. The fraction of sp³-hybridized carbons (Fsp3) is 0.500. The van der Waals surface area contributed by atoms with E-state index >= 15 is 0 Å². The van der Waals surface area contributed by atoms with Gasteiger partial charge in [-0.1, -0.05) is 0 Å². The van der Waals surface area contributed by atoms with Crippen molar-refractivity contribution in [1.82, 2.24) is 14.8 Å². The van der Waals surface area contributed by atoms with Gasteiger partial charge in [0.25, 0.3) is 0 Å². The molecule has 5 heteroatoms. The van der Waals surface area contributed by atoms with Gasteiger partial charge in [-0.25, -0.2) is 4.98 Å². The molecule has 5 nitrogen and oxygen atoms in total. The van der Waals surface area contributed by atoms with Gasteiger partial charge in [0.05, 0.1) is 5.69 Å². The van der Waals surface area contributed by atoms with Crippen molar-refractivity contribution in [1.29, 1.82) is 0 Å². The summed E-state index contributed by atoms with van der Waals surface area (Å²) in [6.45, 7) is 2.98. The van der Waals surface area contributed by atoms with Crippen molar-refractivity contribution in [3.63, 3.8) is 0 Å². The van der Waals surface area contributed by atoms with E-state index in [0.717, 1.165) is 49.0 Å². The topological polar surface area (TPSA) is 60.0 Å². The molecule has 1 saturated heterocycles. The molecule has 3 heterocycles. The molecule has 0 aromatic carbocycles. The Balaban J connectivity index is 1.67. The Kier molecular flexibility index (Phi) is 4.20. The predicted molar refractivity (Wildman–Crippen MR) is 85.0 cm³/mol. The number of anilines is 1. The van der Waals surface area contributed by atoms with Crippen LogP contribution in [-0.4, -0.2) is 34.4 Å². The first-order chi connectivity index (χ1) is 10.3. The van der Waals surface area contributed by atoms with Crippen LogP contribution < -0.4 is 10.6 Å². The lowest BCUT2D eigenvalue weighted by Gasteiger charge is -2.32. The number of rotatable bonds is 4. The molecule has 1 fully saturated rings. The monoisotopic (exact) mass is 285 g/mol. The molecule has 0 aliphatic carbocycles. The van der Waals surface area contributed by atoms with Crippen LogP contribution >= 0.6 is 0 Å². The minimum atomic E-state index is 0.792. The summed E-state index contributed by atoms with van der Waals surface area (Å²) in [5.74, 6) is 1.87. The van der Waals surface area contributed by atoms with Crippen LogP contribution in [0.4, 0.5) is 5.82 Å². The standard InChI is InChI=1S/C16H23N5/c1-20-15(5-9-19-20)14-2-3-16(18-12-14)21-10-6-13(4-8-17)7-11-21/h2-3,5,9,12-13H,4,6-8,10-11,17H2,1H3. The van der Waals surface area contributed by atoms with Crippen molar-refractivity contribution >= 4 is 5.82 Å². The number of hydrogen-bond acceptors (Lipinski definition) is 4. The molecular formula is C16H23N5. The maximum absolute atomic E-state index is 5.65. The minimum absolute atomic E-state index is 0.792. The Bertz CT molecular complexity index is 567. The number of aromatic nitrogens is 3. The molecule has 0 bridgehead atoms. The molecule has 0 amide bonds. The molecule has 3 rings (SSSR count). The summed E-state index contributed by atoms with van der Waals surface area (Å²) < 4.78 is 1.87. The van der Waals surface area contributed by atoms with Gasteiger partial charge in [0.2, 0.25) is 0 Å². The third-order valence-electron chi connectivity index (χ3n) is 4.38. The summed E-state index contributed by atoms with van der Waals surface area (Å²) in [5, 5.41) is 4.20. The van der Waals surface area contributed by atoms with Crippen LogP contribution in [0.2, 0.25) is 0 Å². The van der Waals surface area contributed by atoms with Gasteiger partial charge < -0.3 is 10.6 Å². The van der Waals surface area contributed by atoms with Gasteiger partial charge in [-0.05, 0) is 49.9 Å². The van der Waals surface area contributed by atoms with Crippen molar-refractivity contribution in [3.8, 4) is 11.3 Å². The van der Waals surface area contributed by atoms with Crippen LogP contribution in [0.3, 0.4) is 0 Å². The first-order valence-electron chi connectivity index (χ1n) is 7.67. The summed E-state index contributed by atoms with van der Waals surface area (Å²) >= 11 is 0. The number of pyridine rings is 1. The van der Waals surface area contributed by atoms with Crippen molar-refractivity contribution in [2.75, 3.05) is 24.5 Å². The molecule has 2 aromatic rings. The number of nitrogens with two attached hydrogens (primary N) is 1. The smallest absolute Gasteiger partial charge is 0.128 e. The highest BCUT2D eigenvalue weighted by Crippen LogP contribution is 2.25. The fourth-order valence-electron chi connectivity index (χ4n) is 3.07. The van der Waals surface area contributed by atoms with Crippen LogP contribution in [0, 0.1) is 5.92 Å². The van der Waals surface area contributed by atoms with Gasteiger partial charge in [0.1, 0.15) is 5.82 Å². The second-order valence-electron chi connectivity index (χ2n) is 5.75. The summed E-state index contributed by atoms with van der Waals surface area (Å²) in [4.78, 5) is 7.01. The summed E-state index contributed by atoms with van der Waals surface area (Å²) in [6.07, 6.45) is 7.36. The van der Waals surface area contributed by atoms with E-state index < -0.39 is 0 Å². The van der Waals surface area contributed by atoms with Crippen LogP contribution in [-0.2, 0) is 7.05 Å². The van der Waals surface area contributed by atoms with E-state index in [4.69, 9.17) is 5.73 Å². The highest BCUT2D eigenvalue weighted by molar-refractivity contribution is 5.60. The van der Waals surface area contributed by atoms with E-state index in [9.17, 15) is 0 Å². The average molecular weight is 285 g/mol. The second-order valence-corrected chi connectivity index (χ2v) is 5.75. The van der Waals surface area contributed by atoms with Crippen LogP contribution in [0.15, 0.2) is 30.6 Å². The molecule has 2 N–H and O–H groups in total. The summed E-state index contributed by atoms with van der Waals surface area (Å²) in [6, 6.07) is 6.26. The first-order valence-corrected chi connectivity index (χ1v) is 7.67. The Hall–Kier alpha value is -1.88. The molecule has 0 unspecified atom stereocenters. The third-order valence-corrected chi connectivity index (χ3v) is 4.38. The molecule has 1 aliphatic rings. The molecule has 0 spiro atoms. The van der Waals surface area contributed by atoms with Gasteiger partial charge in [0, 0.05) is 38.1 Å². The molecule has 112 valence electrons. The molecule has 21 heavy (non-hydrogen) atoms. The van der Waals surface area contributed by atoms with Crippen molar-refractivity contribution in [2.45, 2.75) is 19.3 Å². The quantitative estimate of drug-likeness (QED) is 0.934. The van der Waals surface area contributed by atoms with Gasteiger partial charge in [-0.3, -0.25) is 4.68 Å². The Morgan fingerprint density at radius 1 is 1.24 bits per heavy atom. The Morgan fingerprint density at radius 3 is 2.62 bits per heavy atom. The number of aryl methyl sites for hydroxylation is 1. The number of nitrogens with zero attached hydrogens (tertiary/aromatic N) is 4. The van der Waals surface area contributed by atoms with E-state index in [1.54, 1.807) is 0 Å². The van der Waals surface area contributed by atoms with Gasteiger partial charge in [-0.2, -0.15) is 5.10 Å². The molecular weight excluding hydrogens is 262 g/mol. The molecule has 0 atom stereocenters. The molecule has 0 saturated carbocycles. The molecule has 2 aromatic heterocycles. The first kappa shape index (κ1) is 14.1. The largest absolute Gasteiger partial charge is 0.357 e. The van der Waals surface area contributed by atoms with Crippen molar-refractivity contribution < 1.29 is 0 Å². The van der Waals surface area contributed by atoms with Gasteiger partial charge >= 0.3 is 0 Å². The predicted octanol–water partition coefficient (Wildman–Crippen LogP) is 2.05. The van der Waals surface area contributed by atoms with E-state index in [1.165, 1.54) is 12.8 Å². The van der Waals surface area contributed by atoms with Crippen molar-refractivity contribution in [2.24, 2.45) is 18.7 Å². The van der Waals surface area contributed by atoms with E-state index in [2.05, 4.69) is 27.1 Å². The Morgan fingerprint density at radius 2 is 2.05 bits per heavy atom. The van der Waals surface area contributed by atoms with Crippen LogP contribution in [0.5, 0.6) is 0 Å². The fourth-order valence-corrected chi connectivity index (χ4v) is 3.07. The number of piperidine rings is 1.